The number of likely N-dealkylation sites (N-methyl/N-ethyl adjacent to an activating group) is 1. The van der Waals surface area contributed by atoms with E-state index < -0.39 is 48.0 Å². The molecule has 4 aliphatic rings. The van der Waals surface area contributed by atoms with E-state index in [0.29, 0.717) is 44.9 Å². The lowest BCUT2D eigenvalue weighted by molar-refractivity contribution is -0.141. The van der Waals surface area contributed by atoms with Gasteiger partial charge in [-0.25, -0.2) is 8.78 Å². The second-order valence-electron chi connectivity index (χ2n) is 14.9. The molecular weight excluding hydrogens is 628 g/mol. The minimum absolute atomic E-state index is 0.0763. The van der Waals surface area contributed by atoms with Gasteiger partial charge in [-0.1, -0.05) is 38.3 Å². The van der Waals surface area contributed by atoms with E-state index in [1.165, 1.54) is 6.21 Å². The molecule has 4 rings (SSSR count). The Bertz CT molecular complexity index is 1120. The Morgan fingerprint density at radius 3 is 2.33 bits per heavy atom. The Kier molecular flexibility index (Phi) is 15.0. The molecule has 4 aliphatic heterocycles. The number of carbonyl (C=O) groups is 2. The number of aliphatic imine (C=N–C) groups is 1. The lowest BCUT2D eigenvalue weighted by Gasteiger charge is -2.55. The number of carbonyl (C=O) groups excluding carboxylic acids is 2. The standard InChI is InChI=1S/C36H65F2N9O2/c1-6-9-12-36(47-13-10-27(11-14-47)35(49)46-17-15-45(16-18-46)29-23-44(5)24-29)30(38)21-41-22-31(36)43-34(48)32(33(39)40)25(4)42-20-28(37)19-26(7-2)8-3/h7,20,25,27-33,41H,6,8-19,21-24,39-40H2,1-5H3,(H,43,48)/b26-7+,42-20?. The van der Waals surface area contributed by atoms with Crippen molar-refractivity contribution in [2.45, 2.75) is 115 Å². The summed E-state index contributed by atoms with van der Waals surface area (Å²) in [5.74, 6) is -1.18. The third-order valence-corrected chi connectivity index (χ3v) is 11.7. The van der Waals surface area contributed by atoms with Crippen molar-refractivity contribution in [3.8, 4) is 0 Å². The first kappa shape index (κ1) is 39.8. The lowest BCUT2D eigenvalue weighted by Crippen LogP contribution is -2.75. The largest absolute Gasteiger partial charge is 0.350 e. The normalized spacial score (nSPS) is 29.3. The second kappa shape index (κ2) is 18.5. The zero-order valence-electron chi connectivity index (χ0n) is 30.8. The van der Waals surface area contributed by atoms with Gasteiger partial charge in [0.2, 0.25) is 11.8 Å². The van der Waals surface area contributed by atoms with Crippen molar-refractivity contribution < 1.29 is 18.4 Å². The molecule has 2 amide bonds. The van der Waals surface area contributed by atoms with Crippen molar-refractivity contribution in [3.63, 3.8) is 0 Å². The van der Waals surface area contributed by atoms with Gasteiger partial charge in [-0.3, -0.25) is 24.4 Å². The molecule has 0 aliphatic carbocycles. The minimum atomic E-state index is -1.28. The van der Waals surface area contributed by atoms with E-state index in [1.54, 1.807) is 6.92 Å². The number of likely N-dealkylation sites (tertiary alicyclic amines) is 2. The molecule has 0 radical (unpaired) electrons. The van der Waals surface area contributed by atoms with Gasteiger partial charge in [0.25, 0.3) is 0 Å². The summed E-state index contributed by atoms with van der Waals surface area (Å²) in [7, 11) is 2.14. The van der Waals surface area contributed by atoms with Crippen LogP contribution in [0.25, 0.3) is 0 Å². The van der Waals surface area contributed by atoms with Gasteiger partial charge in [-0.05, 0) is 59.7 Å². The van der Waals surface area contributed by atoms with Gasteiger partial charge in [0.15, 0.2) is 0 Å². The molecule has 4 fully saturated rings. The van der Waals surface area contributed by atoms with Crippen molar-refractivity contribution in [1.29, 1.82) is 0 Å². The van der Waals surface area contributed by atoms with Crippen LogP contribution in [0, 0.1) is 11.8 Å². The lowest BCUT2D eigenvalue weighted by atomic mass is 9.74. The van der Waals surface area contributed by atoms with Gasteiger partial charge >= 0.3 is 0 Å². The van der Waals surface area contributed by atoms with Gasteiger partial charge in [-0.2, -0.15) is 0 Å². The highest BCUT2D eigenvalue weighted by atomic mass is 19.1. The maximum Gasteiger partial charge on any atom is 0.228 e. The van der Waals surface area contributed by atoms with Crippen molar-refractivity contribution in [2.24, 2.45) is 28.3 Å². The summed E-state index contributed by atoms with van der Waals surface area (Å²) >= 11 is 0. The molecule has 4 saturated heterocycles. The third-order valence-electron chi connectivity index (χ3n) is 11.7. The molecule has 0 aromatic carbocycles. The summed E-state index contributed by atoms with van der Waals surface area (Å²) in [6, 6.07) is -0.613. The fourth-order valence-corrected chi connectivity index (χ4v) is 8.55. The topological polar surface area (TPSA) is 136 Å². The molecule has 11 nitrogen and oxygen atoms in total. The molecule has 6 unspecified atom stereocenters. The Balaban J connectivity index is 1.42. The molecule has 0 aromatic rings. The fourth-order valence-electron chi connectivity index (χ4n) is 8.55. The van der Waals surface area contributed by atoms with E-state index >= 15 is 4.39 Å². The number of allylic oxidation sites excluding steroid dienone is 2. The van der Waals surface area contributed by atoms with Gasteiger partial charge < -0.3 is 31.9 Å². The maximum absolute atomic E-state index is 16.5. The number of rotatable bonds is 15. The molecule has 4 heterocycles. The average molecular weight is 694 g/mol. The molecule has 280 valence electrons. The number of unbranched alkanes of at least 4 members (excludes halogenated alkanes) is 1. The number of alkyl halides is 2. The van der Waals surface area contributed by atoms with Crippen LogP contribution in [0.5, 0.6) is 0 Å². The van der Waals surface area contributed by atoms with Gasteiger partial charge in [0.05, 0.1) is 29.7 Å². The molecule has 0 bridgehead atoms. The van der Waals surface area contributed by atoms with Crippen molar-refractivity contribution in [1.82, 2.24) is 30.2 Å². The van der Waals surface area contributed by atoms with Crippen LogP contribution in [-0.2, 0) is 9.59 Å². The molecule has 6 atom stereocenters. The predicted molar refractivity (Wildman–Crippen MR) is 193 cm³/mol. The number of amides is 2. The van der Waals surface area contributed by atoms with Crippen LogP contribution >= 0.6 is 0 Å². The zero-order valence-corrected chi connectivity index (χ0v) is 30.8. The smallest absolute Gasteiger partial charge is 0.228 e. The van der Waals surface area contributed by atoms with Gasteiger partial charge in [0.1, 0.15) is 12.3 Å². The Labute approximate surface area is 293 Å². The van der Waals surface area contributed by atoms with Gasteiger partial charge in [-0.15, -0.1) is 0 Å². The van der Waals surface area contributed by atoms with Crippen LogP contribution in [-0.4, -0.2) is 152 Å². The van der Waals surface area contributed by atoms with Crippen LogP contribution in [0.2, 0.25) is 0 Å². The van der Waals surface area contributed by atoms with Crippen LogP contribution in [0.4, 0.5) is 8.78 Å². The van der Waals surface area contributed by atoms with E-state index in [4.69, 9.17) is 11.5 Å². The quantitative estimate of drug-likeness (QED) is 0.116. The van der Waals surface area contributed by atoms with E-state index in [9.17, 15) is 14.0 Å². The minimum Gasteiger partial charge on any atom is -0.350 e. The Hall–Kier alpha value is -2.03. The molecule has 49 heavy (non-hydrogen) atoms. The van der Waals surface area contributed by atoms with E-state index in [1.807, 2.05) is 24.8 Å². The summed E-state index contributed by atoms with van der Waals surface area (Å²) in [6.07, 6.45) is 4.23. The molecule has 13 heteroatoms. The van der Waals surface area contributed by atoms with E-state index in [0.717, 1.165) is 64.1 Å². The van der Waals surface area contributed by atoms with E-state index in [-0.39, 0.29) is 24.8 Å². The molecular formula is C36H65F2N9O2. The number of piperidine rings is 2. The molecule has 0 spiro atoms. The van der Waals surface area contributed by atoms with E-state index in [2.05, 4.69) is 44.3 Å². The van der Waals surface area contributed by atoms with Crippen LogP contribution in [0.3, 0.4) is 0 Å². The molecule has 0 aromatic heterocycles. The number of hydrogen-bond acceptors (Lipinski definition) is 9. The number of nitrogens with two attached hydrogens (primary N) is 2. The number of nitrogens with one attached hydrogen (secondary N) is 2. The zero-order chi connectivity index (χ0) is 35.7. The number of piperazine rings is 1. The van der Waals surface area contributed by atoms with Crippen LogP contribution in [0.1, 0.15) is 72.6 Å². The van der Waals surface area contributed by atoms with Crippen molar-refractivity contribution >= 4 is 18.0 Å². The van der Waals surface area contributed by atoms with Crippen LogP contribution < -0.4 is 22.1 Å². The Morgan fingerprint density at radius 2 is 1.76 bits per heavy atom. The first-order valence-corrected chi connectivity index (χ1v) is 18.9. The van der Waals surface area contributed by atoms with Gasteiger partial charge in [0, 0.05) is 77.0 Å². The second-order valence-corrected chi connectivity index (χ2v) is 14.9. The number of nitrogens with zero attached hydrogens (tertiary/aromatic N) is 5. The SMILES string of the molecule is C/C=C(\CC)CC(F)C=NC(C)C(C(=O)NC1CNCC(F)C1(CCCC)N1CCC(C(=O)N2CCN(C3CN(C)C3)CC2)CC1)C(N)N. The summed E-state index contributed by atoms with van der Waals surface area (Å²) in [5, 5.41) is 6.34. The fraction of sp³-hybridized carbons (Fsp3) is 0.861. The van der Waals surface area contributed by atoms with Crippen molar-refractivity contribution in [2.75, 3.05) is 72.5 Å². The first-order chi connectivity index (χ1) is 23.4. The summed E-state index contributed by atoms with van der Waals surface area (Å²) in [4.78, 5) is 41.0. The summed E-state index contributed by atoms with van der Waals surface area (Å²) < 4.78 is 31.2. The first-order valence-electron chi connectivity index (χ1n) is 18.9. The molecule has 0 saturated carbocycles. The summed E-state index contributed by atoms with van der Waals surface area (Å²) in [5.41, 5.74) is 12.3. The Morgan fingerprint density at radius 1 is 1.08 bits per heavy atom. The third kappa shape index (κ3) is 9.65. The monoisotopic (exact) mass is 694 g/mol. The highest BCUT2D eigenvalue weighted by Crippen LogP contribution is 2.38. The number of hydrogen-bond donors (Lipinski definition) is 4. The maximum atomic E-state index is 16.5. The highest BCUT2D eigenvalue weighted by molar-refractivity contribution is 5.81. The number of halogens is 2. The van der Waals surface area contributed by atoms with Crippen LogP contribution in [0.15, 0.2) is 16.6 Å². The summed E-state index contributed by atoms with van der Waals surface area (Å²) in [6.45, 7) is 15.0. The average Bonchev–Trinajstić information content (AvgIpc) is 3.08. The molecule has 6 N–H and O–H groups in total. The predicted octanol–water partition coefficient (Wildman–Crippen LogP) is 1.92. The highest BCUT2D eigenvalue weighted by Gasteiger charge is 2.54. The van der Waals surface area contributed by atoms with Crippen molar-refractivity contribution in [3.05, 3.63) is 11.6 Å².